The summed E-state index contributed by atoms with van der Waals surface area (Å²) in [6, 6.07) is 4.15. The smallest absolute Gasteiger partial charge is 0.262 e. The Balaban J connectivity index is 1.23. The number of carbonyl (C=O) groups excluding carboxylic acids is 4. The number of carbonyl (C=O) groups is 4. The molecule has 1 aromatic rings. The van der Waals surface area contributed by atoms with Crippen molar-refractivity contribution in [1.82, 2.24) is 10.2 Å². The molecule has 1 atom stereocenters. The summed E-state index contributed by atoms with van der Waals surface area (Å²) in [4.78, 5) is 50.2. The highest BCUT2D eigenvalue weighted by Crippen LogP contribution is 2.28. The van der Waals surface area contributed by atoms with Crippen LogP contribution in [0.4, 0.5) is 0 Å². The molecule has 1 fully saturated rings. The van der Waals surface area contributed by atoms with E-state index in [0.29, 0.717) is 72.5 Å². The van der Waals surface area contributed by atoms with E-state index in [2.05, 4.69) is 5.32 Å². The Bertz CT molecular complexity index is 954. The van der Waals surface area contributed by atoms with Gasteiger partial charge in [0.05, 0.1) is 77.2 Å². The largest absolute Gasteiger partial charge is 0.394 e. The molecule has 0 spiro atoms. The maximum Gasteiger partial charge on any atom is 0.262 e. The second kappa shape index (κ2) is 16.3. The number of nitrogens with one attached hydrogen (secondary N) is 1. The summed E-state index contributed by atoms with van der Waals surface area (Å²) < 4.78 is 26.8. The number of amides is 4. The molecule has 4 amide bonds. The second-order valence-electron chi connectivity index (χ2n) is 8.72. The van der Waals surface area contributed by atoms with Crippen LogP contribution in [0.25, 0.3) is 0 Å². The lowest BCUT2D eigenvalue weighted by molar-refractivity contribution is -0.136. The van der Waals surface area contributed by atoms with Crippen molar-refractivity contribution in [1.29, 1.82) is 0 Å². The van der Waals surface area contributed by atoms with Crippen molar-refractivity contribution in [2.45, 2.75) is 31.7 Å². The van der Waals surface area contributed by atoms with Gasteiger partial charge in [0.25, 0.3) is 11.8 Å². The minimum absolute atomic E-state index is 0.00655. The monoisotopic (exact) mass is 536 g/mol. The van der Waals surface area contributed by atoms with Gasteiger partial charge in [0, 0.05) is 13.0 Å². The molecule has 3 rings (SSSR count). The molecule has 0 radical (unpaired) electrons. The zero-order valence-electron chi connectivity index (χ0n) is 21.5. The van der Waals surface area contributed by atoms with E-state index < -0.39 is 29.7 Å². The van der Waals surface area contributed by atoms with Crippen LogP contribution in [0, 0.1) is 0 Å². The Kier molecular flexibility index (Phi) is 12.8. The van der Waals surface area contributed by atoms with Crippen molar-refractivity contribution in [2.24, 2.45) is 0 Å². The molecule has 12 nitrogen and oxygen atoms in total. The maximum absolute atomic E-state index is 12.9. The SMILES string of the molecule is O=C1CCC(N2C(=O)c3ccc(CCCOCCOCCOCCOCCOCCO)cc3C2=O)C(=O)N1. The Labute approximate surface area is 221 Å². The molecule has 12 heteroatoms. The topological polar surface area (TPSA) is 150 Å². The van der Waals surface area contributed by atoms with E-state index >= 15 is 0 Å². The van der Waals surface area contributed by atoms with Crippen LogP contribution in [0.1, 0.15) is 45.5 Å². The number of aliphatic hydroxyl groups is 1. The molecule has 1 aromatic carbocycles. The van der Waals surface area contributed by atoms with Gasteiger partial charge in [-0.3, -0.25) is 29.4 Å². The highest BCUT2D eigenvalue weighted by molar-refractivity contribution is 6.23. The first-order valence-electron chi connectivity index (χ1n) is 12.9. The van der Waals surface area contributed by atoms with Crippen LogP contribution in [0.5, 0.6) is 0 Å². The highest BCUT2D eigenvalue weighted by Gasteiger charge is 2.44. The fourth-order valence-corrected chi connectivity index (χ4v) is 4.10. The second-order valence-corrected chi connectivity index (χ2v) is 8.72. The number of aryl methyl sites for hydroxylation is 1. The van der Waals surface area contributed by atoms with E-state index in [0.717, 1.165) is 16.9 Å². The van der Waals surface area contributed by atoms with E-state index in [1.54, 1.807) is 18.2 Å². The first-order chi connectivity index (χ1) is 18.5. The Morgan fingerprint density at radius 2 is 1.32 bits per heavy atom. The summed E-state index contributed by atoms with van der Waals surface area (Å²) in [6.07, 6.45) is 1.62. The molecular formula is C26H36N2O10. The Hall–Kier alpha value is -2.74. The number of hydrogen-bond acceptors (Lipinski definition) is 10. The quantitative estimate of drug-likeness (QED) is 0.184. The van der Waals surface area contributed by atoms with Crippen molar-refractivity contribution < 1.29 is 48.0 Å². The van der Waals surface area contributed by atoms with E-state index in [4.69, 9.17) is 28.8 Å². The van der Waals surface area contributed by atoms with Crippen LogP contribution >= 0.6 is 0 Å². The number of rotatable bonds is 19. The molecule has 2 aliphatic rings. The number of hydrogen-bond donors (Lipinski definition) is 2. The van der Waals surface area contributed by atoms with Crippen LogP contribution < -0.4 is 5.32 Å². The first kappa shape index (κ1) is 29.8. The molecule has 210 valence electrons. The molecule has 0 saturated carbocycles. The standard InChI is InChI=1S/C26H36N2O10/c29-7-9-35-11-13-37-15-17-38-16-14-36-12-10-34-8-1-2-19-3-4-20-21(18-19)26(33)28(25(20)32)22-5-6-23(30)27-24(22)31/h3-4,18,22,29H,1-2,5-17H2,(H,27,30,31). The van der Waals surface area contributed by atoms with Gasteiger partial charge >= 0.3 is 0 Å². The van der Waals surface area contributed by atoms with Crippen molar-refractivity contribution >= 4 is 23.6 Å². The number of aliphatic hydroxyl groups excluding tert-OH is 1. The number of piperidine rings is 1. The summed E-state index contributed by atoms with van der Waals surface area (Å²) >= 11 is 0. The summed E-state index contributed by atoms with van der Waals surface area (Å²) in [6.45, 7) is 4.52. The van der Waals surface area contributed by atoms with Gasteiger partial charge < -0.3 is 28.8 Å². The van der Waals surface area contributed by atoms with Crippen LogP contribution in [0.3, 0.4) is 0 Å². The third-order valence-electron chi connectivity index (χ3n) is 5.98. The van der Waals surface area contributed by atoms with Crippen molar-refractivity contribution in [3.63, 3.8) is 0 Å². The lowest BCUT2D eigenvalue weighted by Gasteiger charge is -2.27. The minimum Gasteiger partial charge on any atom is -0.394 e. The number of benzene rings is 1. The van der Waals surface area contributed by atoms with E-state index in [-0.39, 0.29) is 30.6 Å². The zero-order chi connectivity index (χ0) is 27.2. The lowest BCUT2D eigenvalue weighted by atomic mass is 10.0. The molecule has 2 N–H and O–H groups in total. The summed E-state index contributed by atoms with van der Waals surface area (Å²) in [5, 5.41) is 10.8. The fraction of sp³-hybridized carbons (Fsp3) is 0.615. The average Bonchev–Trinajstić information content (AvgIpc) is 3.15. The van der Waals surface area contributed by atoms with Crippen molar-refractivity contribution in [2.75, 3.05) is 72.7 Å². The van der Waals surface area contributed by atoms with Crippen molar-refractivity contribution in [3.05, 3.63) is 34.9 Å². The van der Waals surface area contributed by atoms with E-state index in [1.807, 2.05) is 0 Å². The van der Waals surface area contributed by atoms with Gasteiger partial charge in [-0.05, 0) is 37.0 Å². The van der Waals surface area contributed by atoms with Gasteiger partial charge in [-0.1, -0.05) is 6.07 Å². The zero-order valence-corrected chi connectivity index (χ0v) is 21.5. The third-order valence-corrected chi connectivity index (χ3v) is 5.98. The molecule has 38 heavy (non-hydrogen) atoms. The number of ether oxygens (including phenoxy) is 5. The third kappa shape index (κ3) is 8.93. The Morgan fingerprint density at radius 3 is 1.89 bits per heavy atom. The number of nitrogens with zero attached hydrogens (tertiary/aromatic N) is 1. The van der Waals surface area contributed by atoms with Crippen LogP contribution in [0.15, 0.2) is 18.2 Å². The van der Waals surface area contributed by atoms with E-state index in [1.165, 1.54) is 0 Å². The highest BCUT2D eigenvalue weighted by atomic mass is 16.6. The molecule has 2 aliphatic heterocycles. The molecule has 0 aliphatic carbocycles. The normalized spacial score (nSPS) is 17.3. The maximum atomic E-state index is 12.9. The summed E-state index contributed by atoms with van der Waals surface area (Å²) in [5.41, 5.74) is 1.46. The average molecular weight is 537 g/mol. The van der Waals surface area contributed by atoms with Gasteiger partial charge in [0.2, 0.25) is 11.8 Å². The number of imide groups is 2. The van der Waals surface area contributed by atoms with Crippen LogP contribution in [-0.4, -0.2) is 112 Å². The lowest BCUT2D eigenvalue weighted by Crippen LogP contribution is -2.54. The van der Waals surface area contributed by atoms with Gasteiger partial charge in [-0.25, -0.2) is 0 Å². The van der Waals surface area contributed by atoms with E-state index in [9.17, 15) is 19.2 Å². The van der Waals surface area contributed by atoms with Crippen molar-refractivity contribution in [3.8, 4) is 0 Å². The Morgan fingerprint density at radius 1 is 0.763 bits per heavy atom. The van der Waals surface area contributed by atoms with Gasteiger partial charge in [-0.15, -0.1) is 0 Å². The first-order valence-corrected chi connectivity index (χ1v) is 12.9. The fourth-order valence-electron chi connectivity index (χ4n) is 4.10. The van der Waals surface area contributed by atoms with Gasteiger partial charge in [-0.2, -0.15) is 0 Å². The number of fused-ring (bicyclic) bond motifs is 1. The summed E-state index contributed by atoms with van der Waals surface area (Å²) in [5.74, 6) is -2.03. The van der Waals surface area contributed by atoms with Crippen LogP contribution in [0.2, 0.25) is 0 Å². The summed E-state index contributed by atoms with van der Waals surface area (Å²) in [7, 11) is 0. The molecule has 0 aromatic heterocycles. The van der Waals surface area contributed by atoms with Gasteiger partial charge in [0.1, 0.15) is 6.04 Å². The van der Waals surface area contributed by atoms with Crippen LogP contribution in [-0.2, 0) is 39.7 Å². The molecule has 1 saturated heterocycles. The minimum atomic E-state index is -0.964. The molecule has 2 heterocycles. The predicted molar refractivity (Wildman–Crippen MR) is 133 cm³/mol. The predicted octanol–water partition coefficient (Wildman–Crippen LogP) is 0.0957. The molecule has 0 bridgehead atoms. The molecule has 1 unspecified atom stereocenters. The molecular weight excluding hydrogens is 500 g/mol. The van der Waals surface area contributed by atoms with Gasteiger partial charge in [0.15, 0.2) is 0 Å².